The number of ether oxygens (including phenoxy) is 1. The van der Waals surface area contributed by atoms with Gasteiger partial charge in [0.15, 0.2) is 17.5 Å². The third-order valence-corrected chi connectivity index (χ3v) is 11.7. The molecule has 28 nitrogen and oxygen atoms in total. The number of carbonyl (C=O) groups excluding carboxylic acids is 9. The topological polar surface area (TPSA) is 320 Å². The maximum Gasteiger partial charge on any atom is 0.410 e. The summed E-state index contributed by atoms with van der Waals surface area (Å²) in [5.41, 5.74) is 0.201. The Labute approximate surface area is 451 Å². The fourth-order valence-electron chi connectivity index (χ4n) is 7.55. The zero-order valence-corrected chi connectivity index (χ0v) is 46.1. The van der Waals surface area contributed by atoms with Crippen molar-refractivity contribution in [3.05, 3.63) is 61.0 Å². The summed E-state index contributed by atoms with van der Waals surface area (Å²) in [6, 6.07) is 3.09. The molecule has 0 aliphatic carbocycles. The Morgan fingerprint density at radius 3 is 1.49 bits per heavy atom. The van der Waals surface area contributed by atoms with Crippen molar-refractivity contribution < 1.29 is 47.9 Å². The first-order valence-electron chi connectivity index (χ1n) is 25.1. The molecule has 7 N–H and O–H groups in total. The minimum Gasteiger partial charge on any atom is -0.444 e. The predicted molar refractivity (Wildman–Crippen MR) is 290 cm³/mol. The number of anilines is 7. The second-order valence-electron chi connectivity index (χ2n) is 19.8. The van der Waals surface area contributed by atoms with E-state index in [1.165, 1.54) is 33.8 Å². The molecule has 5 rings (SSSR count). The lowest BCUT2D eigenvalue weighted by atomic mass is 10.2. The molecular formula is C50H72N18O10. The molecule has 0 aliphatic heterocycles. The summed E-state index contributed by atoms with van der Waals surface area (Å²) in [5, 5.41) is 18.7. The molecule has 28 heteroatoms. The second-order valence-corrected chi connectivity index (χ2v) is 19.8. The van der Waals surface area contributed by atoms with E-state index in [1.807, 2.05) is 27.8 Å². The highest BCUT2D eigenvalue weighted by atomic mass is 16.6. The standard InChI is InChI=1S/C50H72N18O10/c1-50(2,3)78-49(77)64(7)24-13-22-61(4)21-12-23-62(5)43(74)19-18-42(73)60-48-57-35(31-68(48)11)55-39(70)15-17-41(72)59-37-27-33(29-66(37)9)53-47(76)45-56-34(30-67(45)10)54-38(69)14-16-40(71)58-36-26-32(28-65(36)8)52-46(75)44-51-20-25-63(44)6/h20,25-31H,12-19,21-24H2,1-11H3,(H,52,75)(H,53,76)(H,54,69)(H,55,70)(H,58,71)(H,59,72)(H,57,60,73). The minimum absolute atomic E-state index is 0.00955. The second kappa shape index (κ2) is 27.3. The van der Waals surface area contributed by atoms with Crippen molar-refractivity contribution in [2.75, 3.05) is 84.5 Å². The van der Waals surface area contributed by atoms with Crippen LogP contribution in [0.3, 0.4) is 0 Å². The van der Waals surface area contributed by atoms with Crippen LogP contribution in [0.25, 0.3) is 0 Å². The van der Waals surface area contributed by atoms with Gasteiger partial charge < -0.3 is 74.2 Å². The highest BCUT2D eigenvalue weighted by molar-refractivity contribution is 6.04. The van der Waals surface area contributed by atoms with Crippen LogP contribution in [0.1, 0.15) is 93.4 Å². The number of hydrogen-bond acceptors (Lipinski definition) is 14. The van der Waals surface area contributed by atoms with E-state index in [-0.39, 0.29) is 79.8 Å². The lowest BCUT2D eigenvalue weighted by Crippen LogP contribution is -2.36. The van der Waals surface area contributed by atoms with E-state index in [9.17, 15) is 43.2 Å². The largest absolute Gasteiger partial charge is 0.444 e. The Balaban J connectivity index is 0.964. The Bertz CT molecular complexity index is 2970. The maximum atomic E-state index is 13.2. The van der Waals surface area contributed by atoms with Crippen molar-refractivity contribution in [2.24, 2.45) is 35.2 Å². The van der Waals surface area contributed by atoms with Gasteiger partial charge in [-0.15, -0.1) is 0 Å². The van der Waals surface area contributed by atoms with E-state index < -0.39 is 47.0 Å². The van der Waals surface area contributed by atoms with Crippen LogP contribution in [0.15, 0.2) is 49.3 Å². The molecule has 0 saturated heterocycles. The molecule has 78 heavy (non-hydrogen) atoms. The average Bonchev–Trinajstić information content (AvgIpc) is 4.19. The quantitative estimate of drug-likeness (QED) is 0.0417. The molecule has 5 aromatic heterocycles. The van der Waals surface area contributed by atoms with Gasteiger partial charge in [-0.05, 0) is 53.8 Å². The molecule has 0 bridgehead atoms. The van der Waals surface area contributed by atoms with Crippen LogP contribution in [0.2, 0.25) is 0 Å². The van der Waals surface area contributed by atoms with Crippen LogP contribution in [-0.4, -0.2) is 159 Å². The zero-order valence-electron chi connectivity index (χ0n) is 46.1. The van der Waals surface area contributed by atoms with Crippen molar-refractivity contribution >= 4 is 93.9 Å². The number of amides is 9. The van der Waals surface area contributed by atoms with Gasteiger partial charge in [0, 0.05) is 150 Å². The number of nitrogens with zero attached hydrogens (tertiary/aromatic N) is 11. The van der Waals surface area contributed by atoms with E-state index in [4.69, 9.17) is 4.74 Å². The van der Waals surface area contributed by atoms with Gasteiger partial charge in [-0.25, -0.2) is 14.8 Å². The van der Waals surface area contributed by atoms with Crippen molar-refractivity contribution in [1.82, 2.24) is 52.5 Å². The number of nitrogens with one attached hydrogen (secondary N) is 7. The van der Waals surface area contributed by atoms with Crippen LogP contribution in [0, 0.1) is 0 Å². The van der Waals surface area contributed by atoms with Crippen LogP contribution >= 0.6 is 0 Å². The minimum atomic E-state index is -0.617. The summed E-state index contributed by atoms with van der Waals surface area (Å²) in [6.07, 6.45) is 9.54. The first-order valence-corrected chi connectivity index (χ1v) is 25.1. The average molecular weight is 1090 g/mol. The van der Waals surface area contributed by atoms with Crippen LogP contribution in [0.5, 0.6) is 0 Å². The zero-order chi connectivity index (χ0) is 57.4. The van der Waals surface area contributed by atoms with Crippen molar-refractivity contribution in [3.8, 4) is 0 Å². The maximum absolute atomic E-state index is 13.2. The summed E-state index contributed by atoms with van der Waals surface area (Å²) >= 11 is 0. The van der Waals surface area contributed by atoms with Crippen molar-refractivity contribution in [3.63, 3.8) is 0 Å². The molecule has 0 saturated carbocycles. The molecule has 9 amide bonds. The lowest BCUT2D eigenvalue weighted by Gasteiger charge is -2.25. The van der Waals surface area contributed by atoms with Gasteiger partial charge in [0.2, 0.25) is 47.2 Å². The molecule has 5 aromatic rings. The molecule has 422 valence electrons. The third kappa shape index (κ3) is 18.8. The van der Waals surface area contributed by atoms with Gasteiger partial charge in [-0.2, -0.15) is 4.98 Å². The van der Waals surface area contributed by atoms with E-state index in [1.54, 1.807) is 97.5 Å². The van der Waals surface area contributed by atoms with E-state index in [0.717, 1.165) is 25.9 Å². The molecule has 0 aliphatic rings. The number of rotatable bonds is 26. The SMILES string of the molecule is CN(CCCN(C)C(=O)CCC(=O)Nc1nc(NC(=O)CCC(=O)Nc2cc(NC(=O)c3nc(NC(=O)CCC(=O)Nc4cc(NC(=O)c5nccn5C)cn4C)cn3C)cn2C)cn1C)CCCN(C)C(=O)OC(C)(C)C. The third-order valence-electron chi connectivity index (χ3n) is 11.7. The first kappa shape index (κ1) is 60.0. The molecule has 0 fully saturated rings. The van der Waals surface area contributed by atoms with E-state index in [0.29, 0.717) is 36.1 Å². The number of imidazole rings is 3. The number of aryl methyl sites for hydroxylation is 5. The summed E-state index contributed by atoms with van der Waals surface area (Å²) in [7, 11) is 13.6. The molecular weight excluding hydrogens is 1010 g/mol. The molecule has 0 aromatic carbocycles. The van der Waals surface area contributed by atoms with Crippen LogP contribution < -0.4 is 37.2 Å². The Morgan fingerprint density at radius 2 is 0.974 bits per heavy atom. The molecule has 0 radical (unpaired) electrons. The van der Waals surface area contributed by atoms with Gasteiger partial charge in [0.05, 0.1) is 11.4 Å². The van der Waals surface area contributed by atoms with Gasteiger partial charge in [0.1, 0.15) is 17.2 Å². The molecule has 0 unspecified atom stereocenters. The molecule has 0 atom stereocenters. The Morgan fingerprint density at radius 1 is 0.513 bits per heavy atom. The molecule has 5 heterocycles. The van der Waals surface area contributed by atoms with E-state index >= 15 is 0 Å². The van der Waals surface area contributed by atoms with Gasteiger partial charge in [-0.3, -0.25) is 43.7 Å². The fraction of sp³-hybridized carbons (Fsp3) is 0.480. The highest BCUT2D eigenvalue weighted by Crippen LogP contribution is 2.21. The van der Waals surface area contributed by atoms with Gasteiger partial charge >= 0.3 is 6.09 Å². The Kier molecular flexibility index (Phi) is 21.0. The number of carbonyl (C=O) groups is 9. The van der Waals surface area contributed by atoms with Gasteiger partial charge in [0.25, 0.3) is 11.8 Å². The molecule has 0 spiro atoms. The Hall–Kier alpha value is -8.82. The number of aromatic nitrogens is 8. The first-order chi connectivity index (χ1) is 36.7. The summed E-state index contributed by atoms with van der Waals surface area (Å²) in [5.74, 6) is -2.36. The van der Waals surface area contributed by atoms with Crippen LogP contribution in [-0.2, 0) is 68.7 Å². The van der Waals surface area contributed by atoms with E-state index in [2.05, 4.69) is 57.1 Å². The predicted octanol–water partition coefficient (Wildman–Crippen LogP) is 3.54. The lowest BCUT2D eigenvalue weighted by molar-refractivity contribution is -0.131. The summed E-state index contributed by atoms with van der Waals surface area (Å²) in [6.45, 7) is 8.05. The van der Waals surface area contributed by atoms with Gasteiger partial charge in [-0.1, -0.05) is 0 Å². The summed E-state index contributed by atoms with van der Waals surface area (Å²) < 4.78 is 13.0. The number of hydrogen-bond donors (Lipinski definition) is 7. The van der Waals surface area contributed by atoms with Crippen LogP contribution in [0.4, 0.5) is 45.4 Å². The highest BCUT2D eigenvalue weighted by Gasteiger charge is 2.22. The normalized spacial score (nSPS) is 11.2. The monoisotopic (exact) mass is 1080 g/mol. The van der Waals surface area contributed by atoms with Crippen molar-refractivity contribution in [1.29, 1.82) is 0 Å². The fourth-order valence-corrected chi connectivity index (χ4v) is 7.55. The smallest absolute Gasteiger partial charge is 0.410 e. The summed E-state index contributed by atoms with van der Waals surface area (Å²) in [4.78, 5) is 132. The van der Waals surface area contributed by atoms with Crippen molar-refractivity contribution in [2.45, 2.75) is 77.7 Å².